The van der Waals surface area contributed by atoms with E-state index in [1.165, 1.54) is 0 Å². The molecule has 2 rings (SSSR count). The van der Waals surface area contributed by atoms with E-state index in [2.05, 4.69) is 5.32 Å². The lowest BCUT2D eigenvalue weighted by molar-refractivity contribution is 0.235. The fourth-order valence-corrected chi connectivity index (χ4v) is 2.43. The second kappa shape index (κ2) is 7.09. The molecule has 0 aliphatic heterocycles. The van der Waals surface area contributed by atoms with Crippen LogP contribution in [0.5, 0.6) is 0 Å². The number of hydrogen-bond donors (Lipinski definition) is 2. The van der Waals surface area contributed by atoms with Gasteiger partial charge in [-0.25, -0.2) is 0 Å². The van der Waals surface area contributed by atoms with Gasteiger partial charge in [0.2, 0.25) is 0 Å². The zero-order valence-electron chi connectivity index (χ0n) is 11.2. The summed E-state index contributed by atoms with van der Waals surface area (Å²) in [6, 6.07) is 15.4. The lowest BCUT2D eigenvalue weighted by Gasteiger charge is -2.22. The molecule has 20 heavy (non-hydrogen) atoms. The summed E-state index contributed by atoms with van der Waals surface area (Å²) >= 11 is 12.0. The lowest BCUT2D eigenvalue weighted by atomic mass is 10.0. The Morgan fingerprint density at radius 3 is 2.30 bits per heavy atom. The maximum absolute atomic E-state index is 9.56. The fraction of sp³-hybridized carbons (Fsp3) is 0.250. The molecule has 0 spiro atoms. The van der Waals surface area contributed by atoms with Gasteiger partial charge in [0.25, 0.3) is 0 Å². The largest absolute Gasteiger partial charge is 0.394 e. The first kappa shape index (κ1) is 15.3. The Morgan fingerprint density at radius 1 is 1.00 bits per heavy atom. The highest BCUT2D eigenvalue weighted by atomic mass is 35.5. The zero-order valence-corrected chi connectivity index (χ0v) is 12.7. The smallest absolute Gasteiger partial charge is 0.0626 e. The molecule has 0 heterocycles. The molecule has 0 aromatic heterocycles. The van der Waals surface area contributed by atoms with Gasteiger partial charge in [0.15, 0.2) is 0 Å². The summed E-state index contributed by atoms with van der Waals surface area (Å²) in [5, 5.41) is 14.0. The van der Waals surface area contributed by atoms with Crippen molar-refractivity contribution < 1.29 is 5.11 Å². The first-order valence-electron chi connectivity index (χ1n) is 6.48. The summed E-state index contributed by atoms with van der Waals surface area (Å²) in [7, 11) is 0. The van der Waals surface area contributed by atoms with Crippen molar-refractivity contribution in [2.24, 2.45) is 0 Å². The van der Waals surface area contributed by atoms with Crippen LogP contribution in [0.3, 0.4) is 0 Å². The van der Waals surface area contributed by atoms with Crippen molar-refractivity contribution in [2.45, 2.75) is 19.0 Å². The van der Waals surface area contributed by atoms with Gasteiger partial charge in [-0.3, -0.25) is 0 Å². The number of aliphatic hydroxyl groups is 1. The van der Waals surface area contributed by atoms with Crippen LogP contribution in [-0.2, 0) is 0 Å². The van der Waals surface area contributed by atoms with Crippen molar-refractivity contribution in [3.8, 4) is 0 Å². The van der Waals surface area contributed by atoms with E-state index in [9.17, 15) is 5.11 Å². The summed E-state index contributed by atoms with van der Waals surface area (Å²) < 4.78 is 0. The molecule has 0 aliphatic rings. The van der Waals surface area contributed by atoms with E-state index in [0.717, 1.165) is 11.1 Å². The number of benzene rings is 2. The number of aliphatic hydroxyl groups excluding tert-OH is 1. The van der Waals surface area contributed by atoms with Gasteiger partial charge in [-0.05, 0) is 30.2 Å². The van der Waals surface area contributed by atoms with Crippen molar-refractivity contribution in [2.75, 3.05) is 6.61 Å². The van der Waals surface area contributed by atoms with Crippen LogP contribution in [0.2, 0.25) is 10.0 Å². The Morgan fingerprint density at radius 2 is 1.70 bits per heavy atom. The SMILES string of the molecule is CC(N[C@@H](CO)c1ccccc1)c1ccc(Cl)c(Cl)c1. The van der Waals surface area contributed by atoms with E-state index >= 15 is 0 Å². The Kier molecular flexibility index (Phi) is 5.44. The average molecular weight is 310 g/mol. The van der Waals surface area contributed by atoms with Gasteiger partial charge in [-0.15, -0.1) is 0 Å². The van der Waals surface area contributed by atoms with E-state index < -0.39 is 0 Å². The minimum atomic E-state index is -0.111. The van der Waals surface area contributed by atoms with Crippen molar-refractivity contribution in [1.29, 1.82) is 0 Å². The van der Waals surface area contributed by atoms with Crippen LogP contribution in [0, 0.1) is 0 Å². The van der Waals surface area contributed by atoms with E-state index in [1.807, 2.05) is 49.4 Å². The van der Waals surface area contributed by atoms with Gasteiger partial charge < -0.3 is 10.4 Å². The van der Waals surface area contributed by atoms with Crippen LogP contribution in [0.25, 0.3) is 0 Å². The quantitative estimate of drug-likeness (QED) is 0.859. The maximum Gasteiger partial charge on any atom is 0.0626 e. The third-order valence-electron chi connectivity index (χ3n) is 3.28. The Hall–Kier alpha value is -1.06. The Labute approximate surface area is 129 Å². The van der Waals surface area contributed by atoms with Crippen LogP contribution in [0.4, 0.5) is 0 Å². The van der Waals surface area contributed by atoms with E-state index in [0.29, 0.717) is 10.0 Å². The van der Waals surface area contributed by atoms with E-state index in [-0.39, 0.29) is 18.7 Å². The minimum Gasteiger partial charge on any atom is -0.394 e. The monoisotopic (exact) mass is 309 g/mol. The topological polar surface area (TPSA) is 32.3 Å². The first-order valence-corrected chi connectivity index (χ1v) is 7.24. The minimum absolute atomic E-state index is 0.0374. The van der Waals surface area contributed by atoms with Crippen LogP contribution in [0.15, 0.2) is 48.5 Å². The molecule has 2 aromatic carbocycles. The molecule has 0 saturated carbocycles. The van der Waals surface area contributed by atoms with Gasteiger partial charge in [0, 0.05) is 6.04 Å². The van der Waals surface area contributed by atoms with Crippen LogP contribution >= 0.6 is 23.2 Å². The zero-order chi connectivity index (χ0) is 14.5. The lowest BCUT2D eigenvalue weighted by Crippen LogP contribution is -2.27. The van der Waals surface area contributed by atoms with Crippen molar-refractivity contribution in [1.82, 2.24) is 5.32 Å². The molecule has 0 saturated heterocycles. The molecule has 0 amide bonds. The molecule has 2 atom stereocenters. The molecule has 0 fully saturated rings. The normalized spacial score (nSPS) is 14.0. The molecule has 2 aromatic rings. The maximum atomic E-state index is 9.56. The van der Waals surface area contributed by atoms with Crippen LogP contribution in [-0.4, -0.2) is 11.7 Å². The summed E-state index contributed by atoms with van der Waals surface area (Å²) in [5.74, 6) is 0. The fourth-order valence-electron chi connectivity index (χ4n) is 2.12. The molecule has 4 heteroatoms. The highest BCUT2D eigenvalue weighted by Crippen LogP contribution is 2.26. The Balaban J connectivity index is 2.13. The van der Waals surface area contributed by atoms with E-state index in [1.54, 1.807) is 6.07 Å². The van der Waals surface area contributed by atoms with Crippen molar-refractivity contribution in [3.63, 3.8) is 0 Å². The molecule has 2 N–H and O–H groups in total. The number of hydrogen-bond acceptors (Lipinski definition) is 2. The van der Waals surface area contributed by atoms with Crippen molar-refractivity contribution >= 4 is 23.2 Å². The average Bonchev–Trinajstić information content (AvgIpc) is 2.48. The number of nitrogens with one attached hydrogen (secondary N) is 1. The van der Waals surface area contributed by atoms with Crippen LogP contribution in [0.1, 0.15) is 30.1 Å². The van der Waals surface area contributed by atoms with Gasteiger partial charge >= 0.3 is 0 Å². The van der Waals surface area contributed by atoms with Gasteiger partial charge in [-0.1, -0.05) is 59.6 Å². The highest BCUT2D eigenvalue weighted by molar-refractivity contribution is 6.42. The van der Waals surface area contributed by atoms with E-state index in [4.69, 9.17) is 23.2 Å². The van der Waals surface area contributed by atoms with Gasteiger partial charge in [-0.2, -0.15) is 0 Å². The second-order valence-electron chi connectivity index (χ2n) is 4.71. The predicted octanol–water partition coefficient (Wildman–Crippen LogP) is 4.38. The predicted molar refractivity (Wildman–Crippen MR) is 84.3 cm³/mol. The molecule has 0 bridgehead atoms. The Bertz CT molecular complexity index is 560. The standard InChI is InChI=1S/C16H17Cl2NO/c1-11(13-7-8-14(17)15(18)9-13)19-16(10-20)12-5-3-2-4-6-12/h2-9,11,16,19-20H,10H2,1H3/t11?,16-/m0/s1. The van der Waals surface area contributed by atoms with Gasteiger partial charge in [0.05, 0.1) is 22.7 Å². The summed E-state index contributed by atoms with van der Waals surface area (Å²) in [5.41, 5.74) is 2.09. The molecule has 1 unspecified atom stereocenters. The number of halogens is 2. The molecular formula is C16H17Cl2NO. The summed E-state index contributed by atoms with van der Waals surface area (Å²) in [6.45, 7) is 2.07. The molecule has 2 nitrogen and oxygen atoms in total. The van der Waals surface area contributed by atoms with Crippen LogP contribution < -0.4 is 5.32 Å². The molecule has 0 radical (unpaired) electrons. The summed E-state index contributed by atoms with van der Waals surface area (Å²) in [4.78, 5) is 0. The molecule has 106 valence electrons. The number of rotatable bonds is 5. The summed E-state index contributed by atoms with van der Waals surface area (Å²) in [6.07, 6.45) is 0. The van der Waals surface area contributed by atoms with Crippen molar-refractivity contribution in [3.05, 3.63) is 69.7 Å². The second-order valence-corrected chi connectivity index (χ2v) is 5.52. The third kappa shape index (κ3) is 3.74. The third-order valence-corrected chi connectivity index (χ3v) is 4.02. The highest BCUT2D eigenvalue weighted by Gasteiger charge is 2.15. The first-order chi connectivity index (χ1) is 9.61. The molecular weight excluding hydrogens is 293 g/mol. The molecule has 0 aliphatic carbocycles. The van der Waals surface area contributed by atoms with Gasteiger partial charge in [0.1, 0.15) is 0 Å².